The molecule has 2 aliphatic heterocycles. The first kappa shape index (κ1) is 16.2. The Hall–Kier alpha value is -2.18. The van der Waals surface area contributed by atoms with Gasteiger partial charge in [-0.3, -0.25) is 19.7 Å². The molecule has 2 saturated heterocycles. The molecule has 7 nitrogen and oxygen atoms in total. The largest absolute Gasteiger partial charge is 0.462 e. The van der Waals surface area contributed by atoms with Crippen LogP contribution in [0.2, 0.25) is 0 Å². The average Bonchev–Trinajstić information content (AvgIpc) is 2.41. The van der Waals surface area contributed by atoms with Gasteiger partial charge in [0.25, 0.3) is 0 Å². The van der Waals surface area contributed by atoms with Crippen molar-refractivity contribution in [3.63, 3.8) is 0 Å². The number of nitrogens with one attached hydrogen (secondary N) is 2. The van der Waals surface area contributed by atoms with Crippen LogP contribution in [0.5, 0.6) is 0 Å². The fraction of sp³-hybridized carbons (Fsp3) is 0.600. The zero-order valence-electron chi connectivity index (χ0n) is 12.7. The van der Waals surface area contributed by atoms with E-state index in [1.165, 1.54) is 6.08 Å². The number of allylic oxidation sites excluding steroid dienone is 1. The van der Waals surface area contributed by atoms with Crippen LogP contribution in [0.4, 0.5) is 0 Å². The minimum atomic E-state index is -0.574. The van der Waals surface area contributed by atoms with Crippen molar-refractivity contribution in [3.8, 4) is 0 Å². The van der Waals surface area contributed by atoms with Crippen LogP contribution >= 0.6 is 0 Å². The van der Waals surface area contributed by atoms with Gasteiger partial charge < -0.3 is 10.1 Å². The van der Waals surface area contributed by atoms with Gasteiger partial charge in [0.05, 0.1) is 6.61 Å². The van der Waals surface area contributed by atoms with Crippen LogP contribution in [0.1, 0.15) is 33.1 Å². The van der Waals surface area contributed by atoms with E-state index in [1.807, 2.05) is 13.8 Å². The molecule has 0 spiro atoms. The van der Waals surface area contributed by atoms with E-state index in [0.29, 0.717) is 12.1 Å². The Morgan fingerprint density at radius 2 is 1.77 bits per heavy atom. The smallest absolute Gasteiger partial charge is 0.332 e. The molecule has 2 fully saturated rings. The normalized spacial score (nSPS) is 28.3. The molecule has 0 radical (unpaired) electrons. The number of rotatable bonds is 3. The summed E-state index contributed by atoms with van der Waals surface area (Å²) in [6.45, 7) is 3.78. The fourth-order valence-corrected chi connectivity index (χ4v) is 2.67. The highest BCUT2D eigenvalue weighted by Gasteiger charge is 2.28. The van der Waals surface area contributed by atoms with E-state index >= 15 is 0 Å². The van der Waals surface area contributed by atoms with E-state index < -0.39 is 5.97 Å². The predicted octanol–water partition coefficient (Wildman–Crippen LogP) is 0.258. The average molecular weight is 308 g/mol. The first-order chi connectivity index (χ1) is 10.3. The van der Waals surface area contributed by atoms with Gasteiger partial charge in [0.15, 0.2) is 0 Å². The third kappa shape index (κ3) is 4.16. The molecule has 2 N–H and O–H groups in total. The zero-order valence-corrected chi connectivity index (χ0v) is 12.7. The van der Waals surface area contributed by atoms with Gasteiger partial charge in [-0.1, -0.05) is 13.8 Å². The first-order valence-electron chi connectivity index (χ1n) is 7.37. The molecular weight excluding hydrogens is 288 g/mol. The van der Waals surface area contributed by atoms with Gasteiger partial charge in [0, 0.05) is 36.5 Å². The standard InChI is InChI=1S/C15H20N2O5/c1-8-3-9(2)15(21)16-11(8)6-14(20)22-7-10-4-12(18)17-13(19)5-10/h6,8-10H,3-5,7H2,1-2H3,(H,16,21)(H,17,18,19)/b11-6-/t8-,9+/m1/s1. The lowest BCUT2D eigenvalue weighted by Crippen LogP contribution is -2.40. The Bertz CT molecular complexity index is 524. The topological polar surface area (TPSA) is 102 Å². The van der Waals surface area contributed by atoms with Crippen molar-refractivity contribution in [2.75, 3.05) is 6.61 Å². The number of carbonyl (C=O) groups is 4. The monoisotopic (exact) mass is 308 g/mol. The second-order valence-corrected chi connectivity index (χ2v) is 6.00. The summed E-state index contributed by atoms with van der Waals surface area (Å²) in [5, 5.41) is 4.90. The summed E-state index contributed by atoms with van der Waals surface area (Å²) < 4.78 is 5.09. The van der Waals surface area contributed by atoms with E-state index in [2.05, 4.69) is 10.6 Å². The van der Waals surface area contributed by atoms with Crippen molar-refractivity contribution in [1.29, 1.82) is 0 Å². The van der Waals surface area contributed by atoms with Crippen LogP contribution in [0, 0.1) is 17.8 Å². The lowest BCUT2D eigenvalue weighted by atomic mass is 9.89. The van der Waals surface area contributed by atoms with Crippen LogP contribution in [-0.2, 0) is 23.9 Å². The number of amides is 3. The number of ether oxygens (including phenoxy) is 1. The van der Waals surface area contributed by atoms with Gasteiger partial charge in [-0.05, 0) is 12.3 Å². The maximum Gasteiger partial charge on any atom is 0.332 e. The molecule has 22 heavy (non-hydrogen) atoms. The van der Waals surface area contributed by atoms with E-state index in [-0.39, 0.29) is 54.9 Å². The molecule has 0 aromatic rings. The highest BCUT2D eigenvalue weighted by molar-refractivity contribution is 5.97. The Balaban J connectivity index is 1.87. The van der Waals surface area contributed by atoms with E-state index in [1.54, 1.807) is 0 Å². The van der Waals surface area contributed by atoms with E-state index in [0.717, 1.165) is 0 Å². The summed E-state index contributed by atoms with van der Waals surface area (Å²) in [5.74, 6) is -1.67. The molecule has 7 heteroatoms. The third-order valence-corrected chi connectivity index (χ3v) is 3.91. The van der Waals surface area contributed by atoms with Crippen molar-refractivity contribution in [2.45, 2.75) is 33.1 Å². The van der Waals surface area contributed by atoms with Crippen molar-refractivity contribution in [1.82, 2.24) is 10.6 Å². The van der Waals surface area contributed by atoms with Crippen LogP contribution < -0.4 is 10.6 Å². The first-order valence-corrected chi connectivity index (χ1v) is 7.37. The molecule has 0 aromatic carbocycles. The SMILES string of the molecule is C[C@@H]1C[C@H](C)C(=O)N/C1=C\C(=O)OCC1CC(=O)NC(=O)C1. The second-order valence-electron chi connectivity index (χ2n) is 6.00. The Labute approximate surface area is 128 Å². The summed E-state index contributed by atoms with van der Waals surface area (Å²) in [7, 11) is 0. The van der Waals surface area contributed by atoms with Crippen LogP contribution in [0.3, 0.4) is 0 Å². The second kappa shape index (κ2) is 6.72. The van der Waals surface area contributed by atoms with Gasteiger partial charge in [-0.25, -0.2) is 4.79 Å². The lowest BCUT2D eigenvalue weighted by Gasteiger charge is -2.27. The Morgan fingerprint density at radius 3 is 2.41 bits per heavy atom. The number of carbonyl (C=O) groups excluding carboxylic acids is 4. The predicted molar refractivity (Wildman–Crippen MR) is 76.0 cm³/mol. The molecule has 0 unspecified atom stereocenters. The molecule has 120 valence electrons. The lowest BCUT2D eigenvalue weighted by molar-refractivity contribution is -0.144. The van der Waals surface area contributed by atoms with Gasteiger partial charge >= 0.3 is 5.97 Å². The van der Waals surface area contributed by atoms with Gasteiger partial charge in [0.2, 0.25) is 17.7 Å². The highest BCUT2D eigenvalue weighted by Crippen LogP contribution is 2.24. The van der Waals surface area contributed by atoms with E-state index in [4.69, 9.17) is 4.74 Å². The minimum absolute atomic E-state index is 0.0144. The molecule has 0 bridgehead atoms. The Morgan fingerprint density at radius 1 is 1.14 bits per heavy atom. The fourth-order valence-electron chi connectivity index (χ4n) is 2.67. The molecule has 2 rings (SSSR count). The minimum Gasteiger partial charge on any atom is -0.462 e. The number of hydrogen-bond donors (Lipinski definition) is 2. The van der Waals surface area contributed by atoms with Gasteiger partial charge in [-0.2, -0.15) is 0 Å². The van der Waals surface area contributed by atoms with Crippen LogP contribution in [0.15, 0.2) is 11.8 Å². The maximum atomic E-state index is 11.8. The molecule has 0 aromatic heterocycles. The van der Waals surface area contributed by atoms with Gasteiger partial charge in [0.1, 0.15) is 0 Å². The number of piperidine rings is 2. The summed E-state index contributed by atoms with van der Waals surface area (Å²) in [6.07, 6.45) is 2.29. The Kier molecular flexibility index (Phi) is 4.95. The van der Waals surface area contributed by atoms with Crippen molar-refractivity contribution in [3.05, 3.63) is 11.8 Å². The third-order valence-electron chi connectivity index (χ3n) is 3.91. The molecular formula is C15H20N2O5. The van der Waals surface area contributed by atoms with E-state index in [9.17, 15) is 19.2 Å². The summed E-state index contributed by atoms with van der Waals surface area (Å²) in [5.41, 5.74) is 0.547. The van der Waals surface area contributed by atoms with Crippen molar-refractivity contribution >= 4 is 23.7 Å². The molecule has 2 heterocycles. The van der Waals surface area contributed by atoms with Crippen LogP contribution in [0.25, 0.3) is 0 Å². The molecule has 3 amide bonds. The van der Waals surface area contributed by atoms with Crippen molar-refractivity contribution < 1.29 is 23.9 Å². The summed E-state index contributed by atoms with van der Waals surface area (Å²) in [4.78, 5) is 45.9. The zero-order chi connectivity index (χ0) is 16.3. The summed E-state index contributed by atoms with van der Waals surface area (Å²) in [6, 6.07) is 0. The number of imide groups is 1. The molecule has 2 atom stereocenters. The molecule has 0 saturated carbocycles. The summed E-state index contributed by atoms with van der Waals surface area (Å²) >= 11 is 0. The number of esters is 1. The van der Waals surface area contributed by atoms with Gasteiger partial charge in [-0.15, -0.1) is 0 Å². The highest BCUT2D eigenvalue weighted by atomic mass is 16.5. The molecule has 2 aliphatic rings. The quantitative estimate of drug-likeness (QED) is 0.442. The number of hydrogen-bond acceptors (Lipinski definition) is 5. The van der Waals surface area contributed by atoms with Crippen LogP contribution in [-0.4, -0.2) is 30.3 Å². The van der Waals surface area contributed by atoms with Crippen molar-refractivity contribution in [2.24, 2.45) is 17.8 Å². The molecule has 0 aliphatic carbocycles. The maximum absolute atomic E-state index is 11.8.